The van der Waals surface area contributed by atoms with Gasteiger partial charge in [-0.3, -0.25) is 0 Å². The summed E-state index contributed by atoms with van der Waals surface area (Å²) in [6.45, 7) is 5.49. The van der Waals surface area contributed by atoms with Gasteiger partial charge in [-0.05, 0) is 45.4 Å². The van der Waals surface area contributed by atoms with Crippen molar-refractivity contribution in [2.45, 2.75) is 70.9 Å². The van der Waals surface area contributed by atoms with E-state index in [2.05, 4.69) is 12.2 Å². The Morgan fingerprint density at radius 1 is 1.10 bits per heavy atom. The highest BCUT2D eigenvalue weighted by molar-refractivity contribution is 5.74. The Morgan fingerprint density at radius 3 is 2.40 bits per heavy atom. The van der Waals surface area contributed by atoms with Crippen molar-refractivity contribution >= 4 is 6.03 Å². The molecule has 3 atom stereocenters. The second-order valence-corrected chi connectivity index (χ2v) is 6.73. The Balaban J connectivity index is 1.81. The van der Waals surface area contributed by atoms with Crippen molar-refractivity contribution in [3.05, 3.63) is 0 Å². The van der Waals surface area contributed by atoms with Crippen LogP contribution in [0.1, 0.15) is 58.8 Å². The summed E-state index contributed by atoms with van der Waals surface area (Å²) in [5.41, 5.74) is 0. The molecular formula is C16H30N2O2. The summed E-state index contributed by atoms with van der Waals surface area (Å²) in [7, 11) is 0. The maximum atomic E-state index is 12.4. The maximum absolute atomic E-state index is 12.4. The quantitative estimate of drug-likeness (QED) is 0.836. The Hall–Kier alpha value is -0.770. The number of hydrogen-bond donors (Lipinski definition) is 2. The minimum absolute atomic E-state index is 0.0634. The molecule has 2 N–H and O–H groups in total. The van der Waals surface area contributed by atoms with Crippen LogP contribution in [0.4, 0.5) is 4.79 Å². The van der Waals surface area contributed by atoms with Crippen LogP contribution >= 0.6 is 0 Å². The number of hydrogen-bond acceptors (Lipinski definition) is 2. The van der Waals surface area contributed by atoms with E-state index in [9.17, 15) is 9.90 Å². The van der Waals surface area contributed by atoms with Crippen LogP contribution in [0.2, 0.25) is 0 Å². The van der Waals surface area contributed by atoms with Gasteiger partial charge in [0.2, 0.25) is 0 Å². The van der Waals surface area contributed by atoms with Crippen LogP contribution in [0, 0.1) is 11.8 Å². The first-order valence-electron chi connectivity index (χ1n) is 8.31. The molecule has 4 nitrogen and oxygen atoms in total. The molecule has 2 amide bonds. The highest BCUT2D eigenvalue weighted by Gasteiger charge is 2.28. The Labute approximate surface area is 122 Å². The number of nitrogens with zero attached hydrogens (tertiary/aromatic N) is 1. The fraction of sp³-hybridized carbons (Fsp3) is 0.938. The average molecular weight is 282 g/mol. The molecule has 0 aromatic heterocycles. The molecule has 20 heavy (non-hydrogen) atoms. The summed E-state index contributed by atoms with van der Waals surface area (Å²) in [4.78, 5) is 14.2. The Kier molecular flexibility index (Phi) is 5.70. The molecule has 0 bridgehead atoms. The number of carbonyl (C=O) groups excluding carboxylic acids is 1. The minimum atomic E-state index is -0.318. The third-order valence-corrected chi connectivity index (χ3v) is 5.14. The molecule has 2 aliphatic rings. The molecule has 0 aromatic rings. The Bertz CT molecular complexity index is 314. The highest BCUT2D eigenvalue weighted by atomic mass is 16.3. The standard InChI is InChI=1S/C16H30N2O2/c1-12(14-7-4-3-5-8-14)17-16(20)18-10-6-9-15(11-18)13(2)19/h12-15,19H,3-11H2,1-2H3,(H,17,20). The summed E-state index contributed by atoms with van der Waals surface area (Å²) in [5.74, 6) is 0.879. The van der Waals surface area contributed by atoms with E-state index >= 15 is 0 Å². The number of piperidine rings is 1. The van der Waals surface area contributed by atoms with Crippen LogP contribution in [0.15, 0.2) is 0 Å². The Morgan fingerprint density at radius 2 is 1.75 bits per heavy atom. The predicted octanol–water partition coefficient (Wildman–Crippen LogP) is 2.76. The zero-order chi connectivity index (χ0) is 14.5. The van der Waals surface area contributed by atoms with Gasteiger partial charge >= 0.3 is 6.03 Å². The molecule has 2 rings (SSSR count). The molecule has 0 radical (unpaired) electrons. The summed E-state index contributed by atoms with van der Waals surface area (Å²) < 4.78 is 0. The molecule has 4 heteroatoms. The van der Waals surface area contributed by atoms with Crippen LogP contribution in [0.25, 0.3) is 0 Å². The van der Waals surface area contributed by atoms with E-state index in [4.69, 9.17) is 0 Å². The van der Waals surface area contributed by atoms with Gasteiger partial charge in [0.25, 0.3) is 0 Å². The molecule has 1 aliphatic carbocycles. The van der Waals surface area contributed by atoms with E-state index in [1.807, 2.05) is 11.8 Å². The number of likely N-dealkylation sites (tertiary alicyclic amines) is 1. The molecular weight excluding hydrogens is 252 g/mol. The lowest BCUT2D eigenvalue weighted by atomic mass is 9.84. The zero-order valence-corrected chi connectivity index (χ0v) is 13.0. The van der Waals surface area contributed by atoms with Crippen molar-refractivity contribution in [3.63, 3.8) is 0 Å². The first kappa shape index (κ1) is 15.6. The fourth-order valence-corrected chi connectivity index (χ4v) is 3.63. The smallest absolute Gasteiger partial charge is 0.317 e. The SMILES string of the molecule is CC(O)C1CCCN(C(=O)NC(C)C2CCCCC2)C1. The first-order chi connectivity index (χ1) is 9.58. The first-order valence-corrected chi connectivity index (χ1v) is 8.31. The second kappa shape index (κ2) is 7.30. The molecule has 0 spiro atoms. The van der Waals surface area contributed by atoms with Crippen molar-refractivity contribution in [2.24, 2.45) is 11.8 Å². The van der Waals surface area contributed by atoms with Gasteiger partial charge in [-0.15, -0.1) is 0 Å². The minimum Gasteiger partial charge on any atom is -0.393 e. The van der Waals surface area contributed by atoms with Gasteiger partial charge in [-0.1, -0.05) is 19.3 Å². The second-order valence-electron chi connectivity index (χ2n) is 6.73. The van der Waals surface area contributed by atoms with Gasteiger partial charge in [0, 0.05) is 25.0 Å². The van der Waals surface area contributed by atoms with Crippen LogP contribution in [-0.2, 0) is 0 Å². The van der Waals surface area contributed by atoms with E-state index in [0.29, 0.717) is 12.5 Å². The molecule has 1 aliphatic heterocycles. The molecule has 1 saturated carbocycles. The predicted molar refractivity (Wildman–Crippen MR) is 80.5 cm³/mol. The van der Waals surface area contributed by atoms with Gasteiger partial charge in [-0.2, -0.15) is 0 Å². The van der Waals surface area contributed by atoms with Crippen molar-refractivity contribution in [1.82, 2.24) is 10.2 Å². The highest BCUT2D eigenvalue weighted by Crippen LogP contribution is 2.26. The monoisotopic (exact) mass is 282 g/mol. The number of aliphatic hydroxyl groups is 1. The van der Waals surface area contributed by atoms with E-state index in [1.54, 1.807) is 0 Å². The summed E-state index contributed by atoms with van der Waals surface area (Å²) in [6, 6.07) is 0.336. The van der Waals surface area contributed by atoms with Gasteiger partial charge in [0.05, 0.1) is 6.10 Å². The summed E-state index contributed by atoms with van der Waals surface area (Å²) in [5, 5.41) is 12.9. The lowest BCUT2D eigenvalue weighted by Crippen LogP contribution is -2.51. The van der Waals surface area contributed by atoms with Gasteiger partial charge in [0.1, 0.15) is 0 Å². The zero-order valence-electron chi connectivity index (χ0n) is 13.0. The van der Waals surface area contributed by atoms with Crippen LogP contribution in [0.3, 0.4) is 0 Å². The number of rotatable bonds is 3. The number of nitrogens with one attached hydrogen (secondary N) is 1. The van der Waals surface area contributed by atoms with Gasteiger partial charge in [-0.25, -0.2) is 4.79 Å². The summed E-state index contributed by atoms with van der Waals surface area (Å²) >= 11 is 0. The molecule has 1 saturated heterocycles. The average Bonchev–Trinajstić information content (AvgIpc) is 2.48. The largest absolute Gasteiger partial charge is 0.393 e. The van der Waals surface area contributed by atoms with Crippen LogP contribution in [0.5, 0.6) is 0 Å². The van der Waals surface area contributed by atoms with Crippen molar-refractivity contribution in [1.29, 1.82) is 0 Å². The lowest BCUT2D eigenvalue weighted by molar-refractivity contribution is 0.0727. The van der Waals surface area contributed by atoms with Gasteiger partial charge < -0.3 is 15.3 Å². The van der Waals surface area contributed by atoms with Crippen LogP contribution in [-0.4, -0.2) is 41.3 Å². The normalized spacial score (nSPS) is 27.9. The van der Waals surface area contributed by atoms with Crippen molar-refractivity contribution in [2.75, 3.05) is 13.1 Å². The van der Waals surface area contributed by atoms with E-state index < -0.39 is 0 Å². The molecule has 2 fully saturated rings. The number of amides is 2. The third-order valence-electron chi connectivity index (χ3n) is 5.14. The molecule has 1 heterocycles. The van der Waals surface area contributed by atoms with E-state index in [0.717, 1.165) is 19.4 Å². The van der Waals surface area contributed by atoms with E-state index in [-0.39, 0.29) is 24.1 Å². The molecule has 3 unspecified atom stereocenters. The number of aliphatic hydroxyl groups excluding tert-OH is 1. The third kappa shape index (κ3) is 4.11. The lowest BCUT2D eigenvalue weighted by Gasteiger charge is -2.36. The van der Waals surface area contributed by atoms with Crippen LogP contribution < -0.4 is 5.32 Å². The van der Waals surface area contributed by atoms with Gasteiger partial charge in [0.15, 0.2) is 0 Å². The molecule has 0 aromatic carbocycles. The van der Waals surface area contributed by atoms with Crippen molar-refractivity contribution in [3.8, 4) is 0 Å². The van der Waals surface area contributed by atoms with E-state index in [1.165, 1.54) is 32.1 Å². The maximum Gasteiger partial charge on any atom is 0.317 e. The molecule has 116 valence electrons. The van der Waals surface area contributed by atoms with Crippen molar-refractivity contribution < 1.29 is 9.90 Å². The summed E-state index contributed by atoms with van der Waals surface area (Å²) in [6.07, 6.45) is 8.16. The number of urea groups is 1. The topological polar surface area (TPSA) is 52.6 Å². The number of carbonyl (C=O) groups is 1. The fourth-order valence-electron chi connectivity index (χ4n) is 3.63.